The molecule has 1 aliphatic rings. The third-order valence-corrected chi connectivity index (χ3v) is 5.09. The van der Waals surface area contributed by atoms with Crippen molar-refractivity contribution in [3.63, 3.8) is 0 Å². The molecule has 0 radical (unpaired) electrons. The zero-order valence-electron chi connectivity index (χ0n) is 12.2. The minimum absolute atomic E-state index is 0.138. The Bertz CT molecular complexity index is 796. The topological polar surface area (TPSA) is 108 Å². The average molecular weight is 354 g/mol. The highest BCUT2D eigenvalue weighted by atomic mass is 32.2. The smallest absolute Gasteiger partial charge is 0.351 e. The Morgan fingerprint density at radius 1 is 1.43 bits per heavy atom. The first-order valence-corrected chi connectivity index (χ1v) is 9.02. The molecule has 0 saturated carbocycles. The molecular formula is C14H14N2O5S2. The minimum Gasteiger partial charge on any atom is -0.465 e. The molecule has 0 unspecified atom stereocenters. The number of anilines is 1. The van der Waals surface area contributed by atoms with Crippen LogP contribution in [0.2, 0.25) is 0 Å². The molecule has 7 nitrogen and oxygen atoms in total. The number of fused-ring (bicyclic) bond motifs is 1. The summed E-state index contributed by atoms with van der Waals surface area (Å²) < 4.78 is 35.2. The first-order chi connectivity index (χ1) is 10.9. The summed E-state index contributed by atoms with van der Waals surface area (Å²) in [6.07, 6.45) is 0.150. The van der Waals surface area contributed by atoms with Crippen molar-refractivity contribution >= 4 is 33.5 Å². The Morgan fingerprint density at radius 2 is 2.13 bits per heavy atom. The standard InChI is InChI=1S/C14H14N2O5S2/c1-21-14(17)10(9-15)13-16(7-4-8-23(18,19)20)11-5-2-3-6-12(11)22-13/h2-3,5-6H,4,7-8H2,1H3,(H,18,19,20)/b13-10-. The lowest BCUT2D eigenvalue weighted by atomic mass is 10.2. The van der Waals surface area contributed by atoms with Gasteiger partial charge in [-0.25, -0.2) is 4.79 Å². The lowest BCUT2D eigenvalue weighted by Gasteiger charge is -2.20. The zero-order valence-corrected chi connectivity index (χ0v) is 13.9. The molecule has 2 rings (SSSR count). The van der Waals surface area contributed by atoms with Gasteiger partial charge >= 0.3 is 5.97 Å². The molecule has 0 atom stereocenters. The van der Waals surface area contributed by atoms with Crippen LogP contribution in [0.5, 0.6) is 0 Å². The quantitative estimate of drug-likeness (QED) is 0.369. The second-order valence-corrected chi connectivity index (χ2v) is 7.25. The van der Waals surface area contributed by atoms with Gasteiger partial charge in [0.1, 0.15) is 11.1 Å². The van der Waals surface area contributed by atoms with Crippen LogP contribution in [0, 0.1) is 11.3 Å². The maximum absolute atomic E-state index is 11.8. The van der Waals surface area contributed by atoms with Gasteiger partial charge in [-0.15, -0.1) is 0 Å². The van der Waals surface area contributed by atoms with E-state index in [9.17, 15) is 18.5 Å². The van der Waals surface area contributed by atoms with Crippen molar-refractivity contribution < 1.29 is 22.5 Å². The van der Waals surface area contributed by atoms with E-state index in [0.717, 1.165) is 10.6 Å². The number of nitrogens with zero attached hydrogens (tertiary/aromatic N) is 2. The van der Waals surface area contributed by atoms with Crippen LogP contribution in [0.15, 0.2) is 39.8 Å². The molecule has 1 aromatic rings. The van der Waals surface area contributed by atoms with Crippen LogP contribution in [0.25, 0.3) is 0 Å². The molecule has 0 aliphatic carbocycles. The van der Waals surface area contributed by atoms with Crippen molar-refractivity contribution in [1.82, 2.24) is 0 Å². The van der Waals surface area contributed by atoms with Crippen LogP contribution < -0.4 is 4.90 Å². The van der Waals surface area contributed by atoms with Crippen molar-refractivity contribution in [1.29, 1.82) is 5.26 Å². The van der Waals surface area contributed by atoms with Gasteiger partial charge in [-0.3, -0.25) is 4.55 Å². The Balaban J connectivity index is 2.37. The molecule has 0 saturated heterocycles. The van der Waals surface area contributed by atoms with Crippen LogP contribution in [0.4, 0.5) is 5.69 Å². The molecule has 0 aromatic heterocycles. The SMILES string of the molecule is COC(=O)/C(C#N)=C1\Sc2ccccc2N1CCCS(=O)(=O)O. The Hall–Kier alpha value is -2.02. The van der Waals surface area contributed by atoms with E-state index in [1.165, 1.54) is 18.9 Å². The highest BCUT2D eigenvalue weighted by molar-refractivity contribution is 8.03. The number of carbonyl (C=O) groups excluding carboxylic acids is 1. The zero-order chi connectivity index (χ0) is 17.0. The van der Waals surface area contributed by atoms with Crippen molar-refractivity contribution in [3.8, 4) is 6.07 Å². The molecule has 0 amide bonds. The van der Waals surface area contributed by atoms with Gasteiger partial charge < -0.3 is 9.64 Å². The van der Waals surface area contributed by atoms with Crippen LogP contribution in [0.3, 0.4) is 0 Å². The maximum Gasteiger partial charge on any atom is 0.351 e. The summed E-state index contributed by atoms with van der Waals surface area (Å²) in [7, 11) is -2.87. The predicted molar refractivity (Wildman–Crippen MR) is 85.3 cm³/mol. The van der Waals surface area contributed by atoms with E-state index >= 15 is 0 Å². The first kappa shape index (κ1) is 17.3. The molecule has 0 fully saturated rings. The average Bonchev–Trinajstić information content (AvgIpc) is 2.85. The molecule has 23 heavy (non-hydrogen) atoms. The summed E-state index contributed by atoms with van der Waals surface area (Å²) >= 11 is 1.25. The largest absolute Gasteiger partial charge is 0.465 e. The fraction of sp³-hybridized carbons (Fsp3) is 0.286. The predicted octanol–water partition coefficient (Wildman–Crippen LogP) is 1.78. The van der Waals surface area contributed by atoms with Crippen LogP contribution in [-0.2, 0) is 19.6 Å². The van der Waals surface area contributed by atoms with Gasteiger partial charge in [0.25, 0.3) is 10.1 Å². The number of benzene rings is 1. The number of thioether (sulfide) groups is 1. The van der Waals surface area contributed by atoms with Gasteiger partial charge in [-0.1, -0.05) is 23.9 Å². The Labute approximate surface area is 138 Å². The third-order valence-electron chi connectivity index (χ3n) is 3.11. The number of rotatable bonds is 5. The number of para-hydroxylation sites is 1. The van der Waals surface area contributed by atoms with Crippen molar-refractivity contribution in [2.75, 3.05) is 24.3 Å². The van der Waals surface area contributed by atoms with E-state index in [-0.39, 0.29) is 18.5 Å². The molecule has 1 aromatic carbocycles. The Morgan fingerprint density at radius 3 is 2.74 bits per heavy atom. The summed E-state index contributed by atoms with van der Waals surface area (Å²) in [6, 6.07) is 9.13. The van der Waals surface area contributed by atoms with E-state index in [1.807, 2.05) is 30.3 Å². The van der Waals surface area contributed by atoms with Crippen molar-refractivity contribution in [2.24, 2.45) is 0 Å². The fourth-order valence-corrected chi connectivity index (χ4v) is 3.79. The summed E-state index contributed by atoms with van der Waals surface area (Å²) in [5.41, 5.74) is 0.639. The molecule has 0 bridgehead atoms. The summed E-state index contributed by atoms with van der Waals surface area (Å²) in [6.45, 7) is 0.237. The van der Waals surface area contributed by atoms with Crippen LogP contribution in [0.1, 0.15) is 6.42 Å². The lowest BCUT2D eigenvalue weighted by Crippen LogP contribution is -2.24. The molecule has 122 valence electrons. The van der Waals surface area contributed by atoms with E-state index in [0.29, 0.717) is 5.03 Å². The van der Waals surface area contributed by atoms with Gasteiger partial charge in [0.15, 0.2) is 5.57 Å². The Kier molecular flexibility index (Phi) is 5.30. The second kappa shape index (κ2) is 7.04. The number of carbonyl (C=O) groups is 1. The van der Waals surface area contributed by atoms with E-state index in [2.05, 4.69) is 4.74 Å². The number of methoxy groups -OCH3 is 1. The molecule has 1 aliphatic heterocycles. The van der Waals surface area contributed by atoms with Gasteiger partial charge in [0.05, 0.1) is 18.6 Å². The van der Waals surface area contributed by atoms with Gasteiger partial charge in [-0.2, -0.15) is 13.7 Å². The summed E-state index contributed by atoms with van der Waals surface area (Å²) in [5, 5.41) is 9.65. The number of hydrogen-bond donors (Lipinski definition) is 1. The van der Waals surface area contributed by atoms with E-state index in [4.69, 9.17) is 4.55 Å². The molecule has 9 heteroatoms. The van der Waals surface area contributed by atoms with Gasteiger partial charge in [0, 0.05) is 11.4 Å². The summed E-state index contributed by atoms with van der Waals surface area (Å²) in [5.74, 6) is -1.15. The van der Waals surface area contributed by atoms with Crippen LogP contribution in [-0.4, -0.2) is 38.3 Å². The van der Waals surface area contributed by atoms with Crippen molar-refractivity contribution in [2.45, 2.75) is 11.3 Å². The fourth-order valence-electron chi connectivity index (χ4n) is 2.13. The monoisotopic (exact) mass is 354 g/mol. The highest BCUT2D eigenvalue weighted by Crippen LogP contribution is 2.47. The van der Waals surface area contributed by atoms with E-state index < -0.39 is 21.8 Å². The van der Waals surface area contributed by atoms with Crippen molar-refractivity contribution in [3.05, 3.63) is 34.9 Å². The minimum atomic E-state index is -4.06. The normalized spacial score (nSPS) is 15.8. The molecule has 1 heterocycles. The summed E-state index contributed by atoms with van der Waals surface area (Å²) in [4.78, 5) is 14.3. The first-order valence-electron chi connectivity index (χ1n) is 6.59. The molecule has 1 N–H and O–H groups in total. The lowest BCUT2D eigenvalue weighted by molar-refractivity contribution is -0.135. The second-order valence-electron chi connectivity index (χ2n) is 4.64. The molecule has 0 spiro atoms. The maximum atomic E-state index is 11.8. The number of hydrogen-bond acceptors (Lipinski definition) is 7. The van der Waals surface area contributed by atoms with Gasteiger partial charge in [-0.05, 0) is 18.6 Å². The third kappa shape index (κ3) is 4.04. The van der Waals surface area contributed by atoms with Crippen LogP contribution >= 0.6 is 11.8 Å². The van der Waals surface area contributed by atoms with Gasteiger partial charge in [0.2, 0.25) is 0 Å². The molecular weight excluding hydrogens is 340 g/mol. The number of nitriles is 1. The van der Waals surface area contributed by atoms with E-state index in [1.54, 1.807) is 4.90 Å². The highest BCUT2D eigenvalue weighted by Gasteiger charge is 2.30. The number of esters is 1. The number of ether oxygens (including phenoxy) is 1.